The highest BCUT2D eigenvalue weighted by Crippen LogP contribution is 2.38. The Labute approximate surface area is 121 Å². The molecule has 0 spiro atoms. The molecule has 0 amide bonds. The minimum atomic E-state index is 0.623. The summed E-state index contributed by atoms with van der Waals surface area (Å²) in [5.41, 5.74) is 4.02. The molecule has 1 heterocycles. The van der Waals surface area contributed by atoms with Crippen molar-refractivity contribution in [2.75, 3.05) is 11.4 Å². The Kier molecular flexibility index (Phi) is 4.02. The van der Waals surface area contributed by atoms with Gasteiger partial charge in [0.05, 0.1) is 0 Å². The lowest BCUT2D eigenvalue weighted by molar-refractivity contribution is 0.244. The smallest absolute Gasteiger partial charge is 0.0476 e. The first-order valence-corrected chi connectivity index (χ1v) is 8.25. The van der Waals surface area contributed by atoms with E-state index in [0.29, 0.717) is 5.88 Å². The minimum Gasteiger partial charge on any atom is -0.368 e. The van der Waals surface area contributed by atoms with Crippen LogP contribution in [0.4, 0.5) is 5.69 Å². The van der Waals surface area contributed by atoms with Crippen molar-refractivity contribution in [3.63, 3.8) is 0 Å². The molecule has 0 aromatic heterocycles. The summed E-state index contributed by atoms with van der Waals surface area (Å²) in [5, 5.41) is 0. The molecule has 0 unspecified atom stereocenters. The number of piperidine rings is 1. The first-order valence-electron chi connectivity index (χ1n) is 7.71. The summed E-state index contributed by atoms with van der Waals surface area (Å²) < 4.78 is 0. The fraction of sp³-hybridized carbons (Fsp3) is 0.647. The van der Waals surface area contributed by atoms with Gasteiger partial charge in [0.15, 0.2) is 0 Å². The van der Waals surface area contributed by atoms with Crippen molar-refractivity contribution in [2.45, 2.75) is 57.4 Å². The van der Waals surface area contributed by atoms with E-state index >= 15 is 0 Å². The van der Waals surface area contributed by atoms with Crippen LogP contribution in [0, 0.1) is 12.8 Å². The molecule has 0 radical (unpaired) electrons. The molecule has 1 saturated carbocycles. The zero-order chi connectivity index (χ0) is 13.2. The van der Waals surface area contributed by atoms with Crippen molar-refractivity contribution in [3.8, 4) is 0 Å². The van der Waals surface area contributed by atoms with Crippen LogP contribution in [0.1, 0.15) is 49.7 Å². The monoisotopic (exact) mass is 277 g/mol. The van der Waals surface area contributed by atoms with Gasteiger partial charge in [-0.25, -0.2) is 0 Å². The van der Waals surface area contributed by atoms with Gasteiger partial charge >= 0.3 is 0 Å². The predicted molar refractivity (Wildman–Crippen MR) is 83.1 cm³/mol. The van der Waals surface area contributed by atoms with Crippen LogP contribution < -0.4 is 4.90 Å². The highest BCUT2D eigenvalue weighted by molar-refractivity contribution is 6.17. The van der Waals surface area contributed by atoms with Crippen molar-refractivity contribution in [1.29, 1.82) is 0 Å². The van der Waals surface area contributed by atoms with E-state index in [-0.39, 0.29) is 0 Å². The molecule has 0 bridgehead atoms. The first kappa shape index (κ1) is 13.3. The number of halogens is 1. The second-order valence-corrected chi connectivity index (χ2v) is 6.46. The van der Waals surface area contributed by atoms with Gasteiger partial charge in [-0.3, -0.25) is 0 Å². The minimum absolute atomic E-state index is 0.623. The predicted octanol–water partition coefficient (Wildman–Crippen LogP) is 4.89. The average Bonchev–Trinajstić information content (AvgIpc) is 2.46. The highest BCUT2D eigenvalue weighted by Gasteiger charge is 2.33. The van der Waals surface area contributed by atoms with Crippen LogP contribution in [-0.4, -0.2) is 12.6 Å². The van der Waals surface area contributed by atoms with Crippen LogP contribution >= 0.6 is 11.6 Å². The van der Waals surface area contributed by atoms with Crippen LogP contribution in [-0.2, 0) is 5.88 Å². The summed E-state index contributed by atoms with van der Waals surface area (Å²) in [4.78, 5) is 2.68. The summed E-state index contributed by atoms with van der Waals surface area (Å²) in [6.45, 7) is 3.42. The van der Waals surface area contributed by atoms with E-state index < -0.39 is 0 Å². The molecule has 104 valence electrons. The van der Waals surface area contributed by atoms with Crippen LogP contribution in [0.25, 0.3) is 0 Å². The summed E-state index contributed by atoms with van der Waals surface area (Å²) in [6.07, 6.45) is 8.49. The second-order valence-electron chi connectivity index (χ2n) is 6.19. The first-order chi connectivity index (χ1) is 9.29. The molecule has 2 fully saturated rings. The molecule has 19 heavy (non-hydrogen) atoms. The zero-order valence-electron chi connectivity index (χ0n) is 11.9. The molecular formula is C17H24ClN. The molecule has 3 rings (SSSR count). The maximum absolute atomic E-state index is 5.97. The summed E-state index contributed by atoms with van der Waals surface area (Å²) >= 11 is 5.97. The van der Waals surface area contributed by atoms with E-state index in [2.05, 4.69) is 30.0 Å². The second kappa shape index (κ2) is 5.75. The summed E-state index contributed by atoms with van der Waals surface area (Å²) in [5.74, 6) is 1.56. The van der Waals surface area contributed by atoms with Crippen LogP contribution in [0.15, 0.2) is 18.2 Å². The Morgan fingerprint density at radius 2 is 1.95 bits per heavy atom. The molecule has 1 nitrogen and oxygen atoms in total. The summed E-state index contributed by atoms with van der Waals surface area (Å²) in [6, 6.07) is 7.63. The van der Waals surface area contributed by atoms with Gasteiger partial charge in [-0.2, -0.15) is 0 Å². The van der Waals surface area contributed by atoms with Crippen molar-refractivity contribution < 1.29 is 0 Å². The number of alkyl halides is 1. The Morgan fingerprint density at radius 1 is 1.16 bits per heavy atom. The fourth-order valence-corrected chi connectivity index (χ4v) is 4.25. The SMILES string of the molecule is Cc1cc(N2CCC[C@H]3CCCC[C@H]32)ccc1CCl. The lowest BCUT2D eigenvalue weighted by Crippen LogP contribution is -2.46. The Balaban J connectivity index is 1.85. The van der Waals surface area contributed by atoms with E-state index in [1.807, 2.05) is 0 Å². The molecule has 2 aliphatic rings. The molecule has 1 aliphatic carbocycles. The van der Waals surface area contributed by atoms with E-state index in [4.69, 9.17) is 11.6 Å². The molecule has 0 N–H and O–H groups in total. The third kappa shape index (κ3) is 2.63. The molecule has 2 heteroatoms. The molecule has 1 aromatic rings. The van der Waals surface area contributed by atoms with Gasteiger partial charge in [0.1, 0.15) is 0 Å². The van der Waals surface area contributed by atoms with E-state index in [9.17, 15) is 0 Å². The van der Waals surface area contributed by atoms with E-state index in [1.165, 1.54) is 61.9 Å². The Morgan fingerprint density at radius 3 is 2.74 bits per heavy atom. The summed E-state index contributed by atoms with van der Waals surface area (Å²) in [7, 11) is 0. The number of anilines is 1. The van der Waals surface area contributed by atoms with Gasteiger partial charge in [-0.15, -0.1) is 11.6 Å². The number of nitrogens with zero attached hydrogens (tertiary/aromatic N) is 1. The zero-order valence-corrected chi connectivity index (χ0v) is 12.6. The van der Waals surface area contributed by atoms with E-state index in [1.54, 1.807) is 0 Å². The molecule has 1 saturated heterocycles. The van der Waals surface area contributed by atoms with Gasteiger partial charge < -0.3 is 4.90 Å². The maximum atomic E-state index is 5.97. The maximum Gasteiger partial charge on any atom is 0.0476 e. The van der Waals surface area contributed by atoms with Crippen molar-refractivity contribution in [2.24, 2.45) is 5.92 Å². The highest BCUT2D eigenvalue weighted by atomic mass is 35.5. The van der Waals surface area contributed by atoms with Gasteiger partial charge in [0.25, 0.3) is 0 Å². The normalized spacial score (nSPS) is 27.2. The van der Waals surface area contributed by atoms with Gasteiger partial charge in [-0.05, 0) is 61.8 Å². The third-order valence-corrected chi connectivity index (χ3v) is 5.33. The van der Waals surface area contributed by atoms with Crippen LogP contribution in [0.2, 0.25) is 0 Å². The lowest BCUT2D eigenvalue weighted by atomic mass is 9.78. The molecule has 2 atom stereocenters. The van der Waals surface area contributed by atoms with Crippen molar-refractivity contribution >= 4 is 17.3 Å². The molecule has 1 aliphatic heterocycles. The number of rotatable bonds is 2. The number of hydrogen-bond acceptors (Lipinski definition) is 1. The Hall–Kier alpha value is -0.690. The van der Waals surface area contributed by atoms with Crippen molar-refractivity contribution in [1.82, 2.24) is 0 Å². The molecule has 1 aromatic carbocycles. The number of benzene rings is 1. The fourth-order valence-electron chi connectivity index (χ4n) is 3.95. The Bertz CT molecular complexity index is 441. The number of aryl methyl sites for hydroxylation is 1. The van der Waals surface area contributed by atoms with Crippen molar-refractivity contribution in [3.05, 3.63) is 29.3 Å². The number of fused-ring (bicyclic) bond motifs is 1. The van der Waals surface area contributed by atoms with Gasteiger partial charge in [0, 0.05) is 24.2 Å². The largest absolute Gasteiger partial charge is 0.368 e. The molecular weight excluding hydrogens is 254 g/mol. The lowest BCUT2D eigenvalue weighted by Gasteiger charge is -2.45. The quantitative estimate of drug-likeness (QED) is 0.696. The third-order valence-electron chi connectivity index (χ3n) is 5.05. The van der Waals surface area contributed by atoms with Crippen LogP contribution in [0.3, 0.4) is 0 Å². The van der Waals surface area contributed by atoms with E-state index in [0.717, 1.165) is 12.0 Å². The average molecular weight is 278 g/mol. The topological polar surface area (TPSA) is 3.24 Å². The number of hydrogen-bond donors (Lipinski definition) is 0. The van der Waals surface area contributed by atoms with Crippen LogP contribution in [0.5, 0.6) is 0 Å². The van der Waals surface area contributed by atoms with Gasteiger partial charge in [-0.1, -0.05) is 18.9 Å². The van der Waals surface area contributed by atoms with Gasteiger partial charge in [0.2, 0.25) is 0 Å². The standard InChI is InChI=1S/C17H24ClN/c1-13-11-16(9-8-15(13)12-18)19-10-4-6-14-5-2-3-7-17(14)19/h8-9,11,14,17H,2-7,10,12H2,1H3/t14-,17-/m1/s1.